The molecule has 0 radical (unpaired) electrons. The summed E-state index contributed by atoms with van der Waals surface area (Å²) in [4.78, 5) is 27.4. The molecule has 2 amide bonds. The first-order chi connectivity index (χ1) is 13.6. The molecule has 0 aromatic heterocycles. The number of benzene rings is 2. The third kappa shape index (κ3) is 4.63. The first-order valence-corrected chi connectivity index (χ1v) is 9.62. The van der Waals surface area contributed by atoms with E-state index in [1.807, 2.05) is 24.0 Å². The molecule has 1 atom stereocenters. The molecule has 0 aliphatic carbocycles. The summed E-state index contributed by atoms with van der Waals surface area (Å²) in [5.74, 6) is 0.987. The second kappa shape index (κ2) is 9.26. The van der Waals surface area contributed by atoms with E-state index in [2.05, 4.69) is 5.32 Å². The molecule has 2 aromatic carbocycles. The van der Waals surface area contributed by atoms with Gasteiger partial charge < -0.3 is 19.7 Å². The first-order valence-electron chi connectivity index (χ1n) is 9.62. The van der Waals surface area contributed by atoms with Gasteiger partial charge in [-0.25, -0.2) is 0 Å². The van der Waals surface area contributed by atoms with Crippen LogP contribution in [0.25, 0.3) is 0 Å². The summed E-state index contributed by atoms with van der Waals surface area (Å²) in [5, 5.41) is 2.87. The van der Waals surface area contributed by atoms with Crippen LogP contribution < -0.4 is 14.8 Å². The number of rotatable bonds is 7. The standard InChI is InChI=1S/C22H26N2O4/c1-3-20(28-17-12-10-16(27-2)11-13-17)21(25)23-19-9-5-4-8-18(19)22(26)24-14-6-7-15-24/h4-5,8-13,20H,3,6-7,14-15H2,1-2H3,(H,23,25)/t20-/m1/s1. The molecule has 1 saturated heterocycles. The van der Waals surface area contributed by atoms with Crippen molar-refractivity contribution >= 4 is 17.5 Å². The fourth-order valence-corrected chi connectivity index (χ4v) is 3.22. The highest BCUT2D eigenvalue weighted by molar-refractivity contribution is 6.04. The van der Waals surface area contributed by atoms with Crippen molar-refractivity contribution in [2.75, 3.05) is 25.5 Å². The molecule has 1 fully saturated rings. The zero-order chi connectivity index (χ0) is 19.9. The van der Waals surface area contributed by atoms with E-state index in [4.69, 9.17) is 9.47 Å². The van der Waals surface area contributed by atoms with E-state index in [-0.39, 0.29) is 11.8 Å². The molecule has 3 rings (SSSR count). The van der Waals surface area contributed by atoms with Crippen LogP contribution in [0.3, 0.4) is 0 Å². The number of para-hydroxylation sites is 1. The number of carbonyl (C=O) groups excluding carboxylic acids is 2. The lowest BCUT2D eigenvalue weighted by Gasteiger charge is -2.20. The minimum atomic E-state index is -0.664. The molecular weight excluding hydrogens is 356 g/mol. The van der Waals surface area contributed by atoms with E-state index in [0.29, 0.717) is 23.4 Å². The van der Waals surface area contributed by atoms with Crippen molar-refractivity contribution in [3.05, 3.63) is 54.1 Å². The number of carbonyl (C=O) groups is 2. The lowest BCUT2D eigenvalue weighted by atomic mass is 10.1. The fourth-order valence-electron chi connectivity index (χ4n) is 3.22. The number of nitrogens with one attached hydrogen (secondary N) is 1. The monoisotopic (exact) mass is 382 g/mol. The van der Waals surface area contributed by atoms with Gasteiger partial charge in [0.1, 0.15) is 11.5 Å². The maximum atomic E-state index is 12.8. The van der Waals surface area contributed by atoms with Gasteiger partial charge in [-0.2, -0.15) is 0 Å². The molecule has 0 saturated carbocycles. The number of likely N-dealkylation sites (tertiary alicyclic amines) is 1. The highest BCUT2D eigenvalue weighted by atomic mass is 16.5. The van der Waals surface area contributed by atoms with Crippen LogP contribution in [0.2, 0.25) is 0 Å². The van der Waals surface area contributed by atoms with E-state index < -0.39 is 6.10 Å². The van der Waals surface area contributed by atoms with E-state index >= 15 is 0 Å². The topological polar surface area (TPSA) is 67.9 Å². The third-order valence-electron chi connectivity index (χ3n) is 4.81. The van der Waals surface area contributed by atoms with Crippen LogP contribution in [0.5, 0.6) is 11.5 Å². The molecule has 6 heteroatoms. The summed E-state index contributed by atoms with van der Waals surface area (Å²) < 4.78 is 11.0. The number of nitrogens with zero attached hydrogens (tertiary/aromatic N) is 1. The van der Waals surface area contributed by atoms with Crippen LogP contribution in [-0.2, 0) is 4.79 Å². The maximum Gasteiger partial charge on any atom is 0.265 e. The summed E-state index contributed by atoms with van der Waals surface area (Å²) in [5.41, 5.74) is 1.03. The Balaban J connectivity index is 1.71. The van der Waals surface area contributed by atoms with Gasteiger partial charge in [0.15, 0.2) is 6.10 Å². The highest BCUT2D eigenvalue weighted by Gasteiger charge is 2.24. The smallest absolute Gasteiger partial charge is 0.265 e. The largest absolute Gasteiger partial charge is 0.497 e. The van der Waals surface area contributed by atoms with E-state index in [1.165, 1.54) is 0 Å². The molecule has 6 nitrogen and oxygen atoms in total. The summed E-state index contributed by atoms with van der Waals surface area (Å²) >= 11 is 0. The third-order valence-corrected chi connectivity index (χ3v) is 4.81. The Morgan fingerprint density at radius 1 is 1.04 bits per heavy atom. The van der Waals surface area contributed by atoms with Gasteiger partial charge in [-0.05, 0) is 55.7 Å². The van der Waals surface area contributed by atoms with E-state index in [1.54, 1.807) is 43.5 Å². The Morgan fingerprint density at radius 2 is 1.68 bits per heavy atom. The predicted molar refractivity (Wildman–Crippen MR) is 108 cm³/mol. The Kier molecular flexibility index (Phi) is 6.53. The zero-order valence-corrected chi connectivity index (χ0v) is 16.3. The second-order valence-electron chi connectivity index (χ2n) is 6.72. The van der Waals surface area contributed by atoms with Gasteiger partial charge in [-0.15, -0.1) is 0 Å². The van der Waals surface area contributed by atoms with Gasteiger partial charge in [0.05, 0.1) is 18.4 Å². The molecule has 148 valence electrons. The molecule has 1 aliphatic heterocycles. The normalized spacial score (nSPS) is 14.4. The maximum absolute atomic E-state index is 12.8. The molecule has 0 spiro atoms. The SMILES string of the molecule is CC[C@@H](Oc1ccc(OC)cc1)C(=O)Nc1ccccc1C(=O)N1CCCC1. The summed E-state index contributed by atoms with van der Waals surface area (Å²) in [6, 6.07) is 14.2. The van der Waals surface area contributed by atoms with Crippen molar-refractivity contribution in [1.82, 2.24) is 4.90 Å². The quantitative estimate of drug-likeness (QED) is 0.792. The van der Waals surface area contributed by atoms with Gasteiger partial charge in [-0.3, -0.25) is 9.59 Å². The average Bonchev–Trinajstić information content (AvgIpc) is 3.27. The van der Waals surface area contributed by atoms with Gasteiger partial charge in [0.2, 0.25) is 0 Å². The summed E-state index contributed by atoms with van der Waals surface area (Å²) in [7, 11) is 1.60. The minimum absolute atomic E-state index is 0.0440. The van der Waals surface area contributed by atoms with Crippen molar-refractivity contribution in [1.29, 1.82) is 0 Å². The molecule has 0 bridgehead atoms. The number of ether oxygens (including phenoxy) is 2. The number of methoxy groups -OCH3 is 1. The number of amides is 2. The van der Waals surface area contributed by atoms with E-state index in [9.17, 15) is 9.59 Å². The zero-order valence-electron chi connectivity index (χ0n) is 16.3. The number of hydrogen-bond donors (Lipinski definition) is 1. The van der Waals surface area contributed by atoms with Gasteiger partial charge in [-0.1, -0.05) is 19.1 Å². The molecule has 2 aromatic rings. The Bertz CT molecular complexity index is 814. The van der Waals surface area contributed by atoms with Crippen molar-refractivity contribution in [3.63, 3.8) is 0 Å². The Morgan fingerprint density at radius 3 is 2.32 bits per heavy atom. The highest BCUT2D eigenvalue weighted by Crippen LogP contribution is 2.22. The molecule has 1 aliphatic rings. The van der Waals surface area contributed by atoms with Crippen molar-refractivity contribution in [2.45, 2.75) is 32.3 Å². The van der Waals surface area contributed by atoms with Crippen LogP contribution in [0.1, 0.15) is 36.5 Å². The second-order valence-corrected chi connectivity index (χ2v) is 6.72. The average molecular weight is 382 g/mol. The van der Waals surface area contributed by atoms with E-state index in [0.717, 1.165) is 31.7 Å². The fraction of sp³-hybridized carbons (Fsp3) is 0.364. The van der Waals surface area contributed by atoms with Crippen LogP contribution in [0.4, 0.5) is 5.69 Å². The molecular formula is C22H26N2O4. The summed E-state index contributed by atoms with van der Waals surface area (Å²) in [6.45, 7) is 3.41. The van der Waals surface area contributed by atoms with Gasteiger partial charge >= 0.3 is 0 Å². The molecule has 1 N–H and O–H groups in total. The van der Waals surface area contributed by atoms with Crippen LogP contribution in [0.15, 0.2) is 48.5 Å². The van der Waals surface area contributed by atoms with Crippen LogP contribution in [-0.4, -0.2) is 43.0 Å². The number of hydrogen-bond acceptors (Lipinski definition) is 4. The lowest BCUT2D eigenvalue weighted by molar-refractivity contribution is -0.122. The predicted octanol–water partition coefficient (Wildman–Crippen LogP) is 3.73. The van der Waals surface area contributed by atoms with Gasteiger partial charge in [0.25, 0.3) is 11.8 Å². The molecule has 1 heterocycles. The summed E-state index contributed by atoms with van der Waals surface area (Å²) in [6.07, 6.45) is 1.88. The lowest BCUT2D eigenvalue weighted by Crippen LogP contribution is -2.34. The van der Waals surface area contributed by atoms with Crippen LogP contribution >= 0.6 is 0 Å². The molecule has 28 heavy (non-hydrogen) atoms. The first kappa shape index (κ1) is 19.7. The van der Waals surface area contributed by atoms with Crippen molar-refractivity contribution < 1.29 is 19.1 Å². The minimum Gasteiger partial charge on any atom is -0.497 e. The molecule has 0 unspecified atom stereocenters. The Labute approximate surface area is 165 Å². The van der Waals surface area contributed by atoms with Crippen molar-refractivity contribution in [2.24, 2.45) is 0 Å². The van der Waals surface area contributed by atoms with Gasteiger partial charge in [0, 0.05) is 13.1 Å². The van der Waals surface area contributed by atoms with Crippen LogP contribution in [0, 0.1) is 0 Å². The van der Waals surface area contributed by atoms with Crippen molar-refractivity contribution in [3.8, 4) is 11.5 Å². The number of anilines is 1. The Hall–Kier alpha value is -3.02.